The van der Waals surface area contributed by atoms with E-state index in [1.165, 1.54) is 0 Å². The van der Waals surface area contributed by atoms with Crippen LogP contribution in [0.2, 0.25) is 0 Å². The molecule has 1 saturated heterocycles. The van der Waals surface area contributed by atoms with Gasteiger partial charge in [0.15, 0.2) is 0 Å². The highest BCUT2D eigenvalue weighted by Gasteiger charge is 2.29. The quantitative estimate of drug-likeness (QED) is 0.828. The molecule has 7 heteroatoms. The van der Waals surface area contributed by atoms with Crippen molar-refractivity contribution >= 4 is 39.0 Å². The van der Waals surface area contributed by atoms with Gasteiger partial charge < -0.3 is 5.73 Å². The zero-order valence-corrected chi connectivity index (χ0v) is 14.4. The van der Waals surface area contributed by atoms with E-state index in [-0.39, 0.29) is 10.7 Å². The first-order valence-corrected chi connectivity index (χ1v) is 9.97. The van der Waals surface area contributed by atoms with E-state index in [1.54, 1.807) is 16.4 Å². The Morgan fingerprint density at radius 2 is 2.19 bits per heavy atom. The van der Waals surface area contributed by atoms with Crippen molar-refractivity contribution in [1.82, 2.24) is 4.31 Å². The van der Waals surface area contributed by atoms with Crippen LogP contribution in [0.1, 0.15) is 24.5 Å². The summed E-state index contributed by atoms with van der Waals surface area (Å²) in [5.74, 6) is 0.816. The van der Waals surface area contributed by atoms with Gasteiger partial charge in [-0.05, 0) is 12.0 Å². The van der Waals surface area contributed by atoms with E-state index in [1.807, 2.05) is 23.9 Å². The molecule has 1 aromatic carbocycles. The van der Waals surface area contributed by atoms with E-state index >= 15 is 0 Å². The highest BCUT2D eigenvalue weighted by molar-refractivity contribution is 8.00. The van der Waals surface area contributed by atoms with E-state index < -0.39 is 10.0 Å². The van der Waals surface area contributed by atoms with Gasteiger partial charge in [0.05, 0.1) is 5.75 Å². The van der Waals surface area contributed by atoms with Gasteiger partial charge in [-0.15, -0.1) is 0 Å². The Balaban J connectivity index is 2.20. The van der Waals surface area contributed by atoms with Crippen molar-refractivity contribution in [3.05, 3.63) is 35.4 Å². The van der Waals surface area contributed by atoms with Crippen LogP contribution in [0.4, 0.5) is 0 Å². The summed E-state index contributed by atoms with van der Waals surface area (Å²) in [5, 5.41) is 0.388. The number of thiocarbonyl (C=S) groups is 1. The molecule has 2 rings (SSSR count). The van der Waals surface area contributed by atoms with E-state index in [2.05, 4.69) is 6.92 Å². The van der Waals surface area contributed by atoms with Gasteiger partial charge in [0.25, 0.3) is 0 Å². The van der Waals surface area contributed by atoms with Crippen molar-refractivity contribution in [2.24, 2.45) is 5.73 Å². The monoisotopic (exact) mass is 344 g/mol. The molecule has 1 unspecified atom stereocenters. The maximum absolute atomic E-state index is 12.6. The van der Waals surface area contributed by atoms with Gasteiger partial charge in [-0.1, -0.05) is 43.4 Å². The Bertz CT molecular complexity index is 616. The summed E-state index contributed by atoms with van der Waals surface area (Å²) in [7, 11) is -3.33. The summed E-state index contributed by atoms with van der Waals surface area (Å²) >= 11 is 6.85. The van der Waals surface area contributed by atoms with Crippen LogP contribution >= 0.6 is 24.0 Å². The van der Waals surface area contributed by atoms with Crippen molar-refractivity contribution < 1.29 is 8.42 Å². The minimum absolute atomic E-state index is 0.0401. The van der Waals surface area contributed by atoms with Crippen LogP contribution in [0.3, 0.4) is 0 Å². The van der Waals surface area contributed by atoms with Crippen molar-refractivity contribution in [3.63, 3.8) is 0 Å². The molecule has 1 aliphatic rings. The zero-order chi connectivity index (χ0) is 15.5. The van der Waals surface area contributed by atoms with Crippen LogP contribution < -0.4 is 5.73 Å². The molecule has 1 aromatic rings. The highest BCUT2D eigenvalue weighted by Crippen LogP contribution is 2.25. The van der Waals surface area contributed by atoms with E-state index in [9.17, 15) is 8.42 Å². The largest absolute Gasteiger partial charge is 0.389 e. The standard InChI is InChI=1S/C14H20N2O2S3/c1-2-12-9-16(7-8-20-12)21(17,18)10-11-5-3-4-6-13(11)14(15)19/h3-6,12H,2,7-10H2,1H3,(H2,15,19). The van der Waals surface area contributed by atoms with Gasteiger partial charge >= 0.3 is 0 Å². The summed E-state index contributed by atoms with van der Waals surface area (Å²) in [6, 6.07) is 7.18. The van der Waals surface area contributed by atoms with Crippen LogP contribution in [0.15, 0.2) is 24.3 Å². The molecule has 1 heterocycles. The summed E-state index contributed by atoms with van der Waals surface area (Å²) in [6.07, 6.45) is 0.986. The maximum Gasteiger partial charge on any atom is 0.218 e. The zero-order valence-electron chi connectivity index (χ0n) is 12.0. The number of hydrogen-bond acceptors (Lipinski definition) is 4. The number of hydrogen-bond donors (Lipinski definition) is 1. The third-order valence-corrected chi connectivity index (χ3v) is 6.96. The minimum atomic E-state index is -3.33. The summed E-state index contributed by atoms with van der Waals surface area (Å²) in [6.45, 7) is 3.27. The molecule has 0 aliphatic carbocycles. The Kier molecular flexibility index (Phi) is 5.65. The number of sulfonamides is 1. The first-order valence-electron chi connectivity index (χ1n) is 6.91. The molecular weight excluding hydrogens is 324 g/mol. The van der Waals surface area contributed by atoms with Crippen molar-refractivity contribution in [3.8, 4) is 0 Å². The molecule has 21 heavy (non-hydrogen) atoms. The van der Waals surface area contributed by atoms with Gasteiger partial charge in [0, 0.05) is 29.7 Å². The molecule has 1 fully saturated rings. The molecule has 1 aliphatic heterocycles. The van der Waals surface area contributed by atoms with E-state index in [0.717, 1.165) is 12.2 Å². The molecular formula is C14H20N2O2S3. The van der Waals surface area contributed by atoms with Crippen LogP contribution in [0.25, 0.3) is 0 Å². The predicted octanol–water partition coefficient (Wildman–Crippen LogP) is 1.98. The SMILES string of the molecule is CCC1CN(S(=O)(=O)Cc2ccccc2C(N)=S)CCS1. The fraction of sp³-hybridized carbons (Fsp3) is 0.500. The molecule has 116 valence electrons. The summed E-state index contributed by atoms with van der Waals surface area (Å²) < 4.78 is 26.9. The molecule has 1 atom stereocenters. The molecule has 0 bridgehead atoms. The first kappa shape index (κ1) is 16.7. The Morgan fingerprint density at radius 3 is 2.86 bits per heavy atom. The second kappa shape index (κ2) is 7.09. The van der Waals surface area contributed by atoms with Gasteiger partial charge in [0.1, 0.15) is 4.99 Å². The number of rotatable bonds is 5. The lowest BCUT2D eigenvalue weighted by molar-refractivity contribution is 0.415. The fourth-order valence-electron chi connectivity index (χ4n) is 2.37. The second-order valence-corrected chi connectivity index (χ2v) is 8.85. The van der Waals surface area contributed by atoms with E-state index in [0.29, 0.717) is 29.5 Å². The van der Waals surface area contributed by atoms with Crippen LogP contribution in [-0.2, 0) is 15.8 Å². The van der Waals surface area contributed by atoms with Crippen molar-refractivity contribution in [1.29, 1.82) is 0 Å². The highest BCUT2D eigenvalue weighted by atomic mass is 32.2. The van der Waals surface area contributed by atoms with Gasteiger partial charge in [-0.3, -0.25) is 0 Å². The maximum atomic E-state index is 12.6. The van der Waals surface area contributed by atoms with Gasteiger partial charge in [-0.25, -0.2) is 8.42 Å². The van der Waals surface area contributed by atoms with Crippen LogP contribution in [0.5, 0.6) is 0 Å². The molecule has 0 saturated carbocycles. The Hall–Kier alpha value is -0.630. The third kappa shape index (κ3) is 4.18. The average Bonchev–Trinajstić information content (AvgIpc) is 2.47. The predicted molar refractivity (Wildman–Crippen MR) is 93.1 cm³/mol. The van der Waals surface area contributed by atoms with Gasteiger partial charge in [-0.2, -0.15) is 16.1 Å². The van der Waals surface area contributed by atoms with E-state index in [4.69, 9.17) is 18.0 Å². The van der Waals surface area contributed by atoms with Crippen molar-refractivity contribution in [2.75, 3.05) is 18.8 Å². The summed E-state index contributed by atoms with van der Waals surface area (Å²) in [5.41, 5.74) is 7.00. The smallest absolute Gasteiger partial charge is 0.218 e. The normalized spacial score (nSPS) is 20.3. The Labute approximate surface area is 136 Å². The number of nitrogens with two attached hydrogens (primary N) is 1. The topological polar surface area (TPSA) is 63.4 Å². The van der Waals surface area contributed by atoms with Crippen LogP contribution in [0, 0.1) is 0 Å². The van der Waals surface area contributed by atoms with Gasteiger partial charge in [0.2, 0.25) is 10.0 Å². The molecule has 4 nitrogen and oxygen atoms in total. The molecule has 0 amide bonds. The molecule has 0 aromatic heterocycles. The van der Waals surface area contributed by atoms with Crippen LogP contribution in [-0.4, -0.2) is 41.8 Å². The summed E-state index contributed by atoms with van der Waals surface area (Å²) in [4.78, 5) is 0.237. The lowest BCUT2D eigenvalue weighted by atomic mass is 10.1. The fourth-order valence-corrected chi connectivity index (χ4v) is 5.56. The number of nitrogens with zero attached hydrogens (tertiary/aromatic N) is 1. The molecule has 0 radical (unpaired) electrons. The average molecular weight is 345 g/mol. The lowest BCUT2D eigenvalue weighted by Gasteiger charge is -2.31. The molecule has 2 N–H and O–H groups in total. The molecule has 0 spiro atoms. The lowest BCUT2D eigenvalue weighted by Crippen LogP contribution is -2.42. The Morgan fingerprint density at radius 1 is 1.48 bits per heavy atom. The minimum Gasteiger partial charge on any atom is -0.389 e. The number of benzene rings is 1. The third-order valence-electron chi connectivity index (χ3n) is 3.57. The second-order valence-electron chi connectivity index (χ2n) is 5.04. The number of thioether (sulfide) groups is 1. The van der Waals surface area contributed by atoms with Crippen molar-refractivity contribution in [2.45, 2.75) is 24.3 Å². The first-order chi connectivity index (χ1) is 9.94.